The highest BCUT2D eigenvalue weighted by atomic mass is 16.6. The summed E-state index contributed by atoms with van der Waals surface area (Å²) in [6, 6.07) is 4.41. The van der Waals surface area contributed by atoms with E-state index in [1.165, 1.54) is 12.1 Å². The van der Waals surface area contributed by atoms with Crippen LogP contribution in [0.1, 0.15) is 15.9 Å². The van der Waals surface area contributed by atoms with Gasteiger partial charge in [-0.1, -0.05) is 0 Å². The zero-order valence-electron chi connectivity index (χ0n) is 13.2. The number of rotatable bonds is 4. The third-order valence-corrected chi connectivity index (χ3v) is 3.95. The summed E-state index contributed by atoms with van der Waals surface area (Å²) in [6.07, 6.45) is 0. The van der Waals surface area contributed by atoms with Crippen LogP contribution in [-0.4, -0.2) is 66.3 Å². The number of nitrogens with one attached hydrogen (secondary N) is 1. The van der Waals surface area contributed by atoms with Gasteiger partial charge in [-0.15, -0.1) is 0 Å². The molecule has 0 bridgehead atoms. The van der Waals surface area contributed by atoms with Crippen molar-refractivity contribution in [3.63, 3.8) is 0 Å². The molecule has 1 aromatic carbocycles. The number of benzene rings is 1. The van der Waals surface area contributed by atoms with Gasteiger partial charge in [0.2, 0.25) is 5.91 Å². The van der Waals surface area contributed by atoms with Gasteiger partial charge < -0.3 is 10.2 Å². The van der Waals surface area contributed by atoms with E-state index in [2.05, 4.69) is 5.32 Å². The lowest BCUT2D eigenvalue weighted by Gasteiger charge is -2.34. The molecule has 23 heavy (non-hydrogen) atoms. The predicted octanol–water partition coefficient (Wildman–Crippen LogP) is 0.407. The molecule has 0 spiro atoms. The molecule has 1 fully saturated rings. The Balaban J connectivity index is 1.98. The van der Waals surface area contributed by atoms with Crippen molar-refractivity contribution in [3.05, 3.63) is 39.4 Å². The van der Waals surface area contributed by atoms with Gasteiger partial charge in [-0.2, -0.15) is 0 Å². The van der Waals surface area contributed by atoms with Gasteiger partial charge in [0.1, 0.15) is 0 Å². The number of carbonyl (C=O) groups excluding carboxylic acids is 2. The van der Waals surface area contributed by atoms with E-state index < -0.39 is 4.92 Å². The first-order valence-electron chi connectivity index (χ1n) is 7.39. The fourth-order valence-electron chi connectivity index (χ4n) is 2.57. The van der Waals surface area contributed by atoms with E-state index in [0.29, 0.717) is 43.9 Å². The maximum absolute atomic E-state index is 12.5. The number of carbonyl (C=O) groups is 2. The van der Waals surface area contributed by atoms with Crippen LogP contribution in [0.2, 0.25) is 0 Å². The zero-order chi connectivity index (χ0) is 17.0. The molecule has 0 aliphatic carbocycles. The molecule has 0 aromatic heterocycles. The molecule has 8 heteroatoms. The topological polar surface area (TPSA) is 95.8 Å². The lowest BCUT2D eigenvalue weighted by Crippen LogP contribution is -2.50. The summed E-state index contributed by atoms with van der Waals surface area (Å²) in [7, 11) is 1.60. The molecule has 0 atom stereocenters. The fourth-order valence-corrected chi connectivity index (χ4v) is 2.57. The summed E-state index contributed by atoms with van der Waals surface area (Å²) >= 11 is 0. The highest BCUT2D eigenvalue weighted by molar-refractivity contribution is 5.94. The molecule has 1 heterocycles. The summed E-state index contributed by atoms with van der Waals surface area (Å²) < 4.78 is 0. The van der Waals surface area contributed by atoms with E-state index in [-0.39, 0.29) is 17.5 Å². The number of hydrogen-bond acceptors (Lipinski definition) is 5. The first-order valence-corrected chi connectivity index (χ1v) is 7.39. The number of likely N-dealkylation sites (N-methyl/N-ethyl adjacent to an activating group) is 1. The second kappa shape index (κ2) is 7.19. The monoisotopic (exact) mass is 320 g/mol. The second-order valence-electron chi connectivity index (χ2n) is 5.50. The van der Waals surface area contributed by atoms with E-state index in [1.54, 1.807) is 24.9 Å². The summed E-state index contributed by atoms with van der Waals surface area (Å²) in [6.45, 7) is 4.28. The van der Waals surface area contributed by atoms with Crippen LogP contribution >= 0.6 is 0 Å². The van der Waals surface area contributed by atoms with Crippen LogP contribution in [0.15, 0.2) is 18.2 Å². The fraction of sp³-hybridized carbons (Fsp3) is 0.467. The number of aryl methyl sites for hydroxylation is 1. The quantitative estimate of drug-likeness (QED) is 0.640. The Morgan fingerprint density at radius 2 is 1.91 bits per heavy atom. The minimum absolute atomic E-state index is 0.0111. The van der Waals surface area contributed by atoms with Crippen LogP contribution in [0.25, 0.3) is 0 Å². The Morgan fingerprint density at radius 3 is 2.43 bits per heavy atom. The molecular weight excluding hydrogens is 300 g/mol. The predicted molar refractivity (Wildman–Crippen MR) is 84.2 cm³/mol. The van der Waals surface area contributed by atoms with Crippen molar-refractivity contribution in [2.45, 2.75) is 6.92 Å². The van der Waals surface area contributed by atoms with Gasteiger partial charge in [0.05, 0.1) is 11.5 Å². The van der Waals surface area contributed by atoms with E-state index >= 15 is 0 Å². The molecule has 1 aromatic rings. The second-order valence-corrected chi connectivity index (χ2v) is 5.50. The molecule has 0 radical (unpaired) electrons. The summed E-state index contributed by atoms with van der Waals surface area (Å²) in [5.41, 5.74) is 0.934. The maximum Gasteiger partial charge on any atom is 0.272 e. The van der Waals surface area contributed by atoms with Crippen molar-refractivity contribution >= 4 is 17.5 Å². The summed E-state index contributed by atoms with van der Waals surface area (Å²) in [4.78, 5) is 37.9. The van der Waals surface area contributed by atoms with Gasteiger partial charge in [0.15, 0.2) is 0 Å². The van der Waals surface area contributed by atoms with E-state index in [1.807, 2.05) is 4.90 Å². The minimum atomic E-state index is -0.457. The van der Waals surface area contributed by atoms with E-state index in [9.17, 15) is 19.7 Å². The molecule has 1 aliphatic rings. The van der Waals surface area contributed by atoms with Crippen LogP contribution in [-0.2, 0) is 4.79 Å². The average molecular weight is 320 g/mol. The van der Waals surface area contributed by atoms with E-state index in [0.717, 1.165) is 0 Å². The van der Waals surface area contributed by atoms with Crippen LogP contribution in [0.3, 0.4) is 0 Å². The molecule has 1 aliphatic heterocycles. The van der Waals surface area contributed by atoms with Crippen LogP contribution in [0.5, 0.6) is 0 Å². The van der Waals surface area contributed by atoms with Crippen molar-refractivity contribution in [1.82, 2.24) is 15.1 Å². The lowest BCUT2D eigenvalue weighted by molar-refractivity contribution is -0.385. The largest absolute Gasteiger partial charge is 0.358 e. The van der Waals surface area contributed by atoms with Crippen LogP contribution in [0.4, 0.5) is 5.69 Å². The Hall–Kier alpha value is -2.48. The molecular formula is C15H20N4O4. The number of hydrogen-bond donors (Lipinski definition) is 1. The van der Waals surface area contributed by atoms with Gasteiger partial charge in [-0.3, -0.25) is 24.6 Å². The maximum atomic E-state index is 12.5. The van der Waals surface area contributed by atoms with Gasteiger partial charge >= 0.3 is 0 Å². The number of amides is 2. The SMILES string of the molecule is CNC(=O)CN1CCN(C(=O)c2ccc([N+](=O)[O-])c(C)c2)CC1. The molecule has 1 saturated heterocycles. The number of nitro benzene ring substituents is 1. The number of piperazine rings is 1. The molecule has 2 rings (SSSR count). The van der Waals surface area contributed by atoms with Crippen LogP contribution < -0.4 is 5.32 Å². The average Bonchev–Trinajstić information content (AvgIpc) is 2.54. The minimum Gasteiger partial charge on any atom is -0.358 e. The van der Waals surface area contributed by atoms with Crippen molar-refractivity contribution in [2.75, 3.05) is 39.8 Å². The molecule has 0 unspecified atom stereocenters. The van der Waals surface area contributed by atoms with Crippen LogP contribution in [0, 0.1) is 17.0 Å². The first kappa shape index (κ1) is 16.9. The Labute approximate surface area is 134 Å². The van der Waals surface area contributed by atoms with Gasteiger partial charge in [0, 0.05) is 50.4 Å². The Bertz CT molecular complexity index is 624. The zero-order valence-corrected chi connectivity index (χ0v) is 13.2. The van der Waals surface area contributed by atoms with Gasteiger partial charge in [-0.05, 0) is 19.1 Å². The van der Waals surface area contributed by atoms with Crippen molar-refractivity contribution in [1.29, 1.82) is 0 Å². The van der Waals surface area contributed by atoms with Gasteiger partial charge in [0.25, 0.3) is 11.6 Å². The Kier molecular flexibility index (Phi) is 5.28. The molecule has 0 saturated carbocycles. The third kappa shape index (κ3) is 4.04. The molecule has 8 nitrogen and oxygen atoms in total. The number of nitrogens with zero attached hydrogens (tertiary/aromatic N) is 3. The van der Waals surface area contributed by atoms with E-state index in [4.69, 9.17) is 0 Å². The van der Waals surface area contributed by atoms with Gasteiger partial charge in [-0.25, -0.2) is 0 Å². The summed E-state index contributed by atoms with van der Waals surface area (Å²) in [5.74, 6) is -0.182. The summed E-state index contributed by atoms with van der Waals surface area (Å²) in [5, 5.41) is 13.4. The van der Waals surface area contributed by atoms with Crippen molar-refractivity contribution in [2.24, 2.45) is 0 Å². The molecule has 124 valence electrons. The Morgan fingerprint density at radius 1 is 1.26 bits per heavy atom. The van der Waals surface area contributed by atoms with Crippen molar-refractivity contribution < 1.29 is 14.5 Å². The molecule has 1 N–H and O–H groups in total. The third-order valence-electron chi connectivity index (χ3n) is 3.95. The standard InChI is InChI=1S/C15H20N4O4/c1-11-9-12(3-4-13(11)19(22)23)15(21)18-7-5-17(6-8-18)10-14(20)16-2/h3-4,9H,5-8,10H2,1-2H3,(H,16,20). The smallest absolute Gasteiger partial charge is 0.272 e. The van der Waals surface area contributed by atoms with Crippen molar-refractivity contribution in [3.8, 4) is 0 Å². The first-order chi connectivity index (χ1) is 10.9. The highest BCUT2D eigenvalue weighted by Gasteiger charge is 2.24. The normalized spacial score (nSPS) is 15.3. The number of nitro groups is 1. The highest BCUT2D eigenvalue weighted by Crippen LogP contribution is 2.20. The lowest BCUT2D eigenvalue weighted by atomic mass is 10.1. The molecule has 2 amide bonds.